The predicted octanol–water partition coefficient (Wildman–Crippen LogP) is 2.89. The molecule has 0 spiro atoms. The van der Waals surface area contributed by atoms with E-state index in [9.17, 15) is 18.0 Å². The van der Waals surface area contributed by atoms with Crippen molar-refractivity contribution in [2.24, 2.45) is 0 Å². The second-order valence-electron chi connectivity index (χ2n) is 6.80. The molecule has 1 N–H and O–H groups in total. The molecule has 4 rings (SSSR count). The largest absolute Gasteiger partial charge is 0.459 e. The zero-order valence-corrected chi connectivity index (χ0v) is 16.3. The molecule has 0 saturated heterocycles. The molecule has 8 heteroatoms. The highest BCUT2D eigenvalue weighted by Gasteiger charge is 2.38. The molecule has 148 valence electrons. The Bertz CT molecular complexity index is 1170. The molecular formula is C21H18N2O5S. The first-order valence-electron chi connectivity index (χ1n) is 8.90. The maximum Gasteiger partial charge on any atom is 0.294 e. The lowest BCUT2D eigenvalue weighted by Crippen LogP contribution is -2.52. The van der Waals surface area contributed by atoms with Gasteiger partial charge in [-0.1, -0.05) is 30.3 Å². The molecule has 1 aromatic heterocycles. The summed E-state index contributed by atoms with van der Waals surface area (Å²) in [6.07, 6.45) is 2.77. The minimum atomic E-state index is -3.47. The summed E-state index contributed by atoms with van der Waals surface area (Å²) in [6.45, 7) is 0. The van der Waals surface area contributed by atoms with Crippen LogP contribution in [-0.2, 0) is 21.1 Å². The van der Waals surface area contributed by atoms with Crippen LogP contribution in [0.5, 0.6) is 0 Å². The Kier molecular flexibility index (Phi) is 4.71. The van der Waals surface area contributed by atoms with Gasteiger partial charge in [0, 0.05) is 12.7 Å². The van der Waals surface area contributed by atoms with Crippen LogP contribution in [0.2, 0.25) is 0 Å². The first-order valence-corrected chi connectivity index (χ1v) is 10.8. The van der Waals surface area contributed by atoms with Crippen LogP contribution in [0.4, 0.5) is 11.4 Å². The molecule has 2 heterocycles. The molecule has 0 saturated carbocycles. The minimum Gasteiger partial charge on any atom is -0.459 e. The number of anilines is 2. The Morgan fingerprint density at radius 1 is 1.10 bits per heavy atom. The fourth-order valence-electron chi connectivity index (χ4n) is 3.35. The number of sulfone groups is 1. The fourth-order valence-corrected chi connectivity index (χ4v) is 4.00. The highest BCUT2D eigenvalue weighted by Crippen LogP contribution is 2.36. The molecule has 3 aromatic rings. The summed E-state index contributed by atoms with van der Waals surface area (Å²) >= 11 is 0. The molecule has 1 aliphatic heterocycles. The average molecular weight is 410 g/mol. The van der Waals surface area contributed by atoms with Gasteiger partial charge in [0.15, 0.2) is 15.6 Å². The molecular weight excluding hydrogens is 392 g/mol. The molecule has 0 unspecified atom stereocenters. The summed E-state index contributed by atoms with van der Waals surface area (Å²) < 4.78 is 29.1. The Morgan fingerprint density at radius 2 is 1.86 bits per heavy atom. The van der Waals surface area contributed by atoms with Crippen molar-refractivity contribution < 1.29 is 22.4 Å². The summed E-state index contributed by atoms with van der Waals surface area (Å²) in [4.78, 5) is 27.5. The van der Waals surface area contributed by atoms with E-state index in [1.807, 2.05) is 30.3 Å². The van der Waals surface area contributed by atoms with Crippen LogP contribution in [0.1, 0.15) is 16.1 Å². The molecule has 2 amide bonds. The molecule has 0 fully saturated rings. The Hall–Kier alpha value is -3.39. The van der Waals surface area contributed by atoms with E-state index in [0.29, 0.717) is 12.1 Å². The van der Waals surface area contributed by atoms with Gasteiger partial charge in [0.05, 0.1) is 22.5 Å². The number of amides is 2. The normalized spacial score (nSPS) is 16.2. The smallest absolute Gasteiger partial charge is 0.294 e. The van der Waals surface area contributed by atoms with Gasteiger partial charge in [-0.2, -0.15) is 0 Å². The molecule has 0 aliphatic carbocycles. The van der Waals surface area contributed by atoms with Gasteiger partial charge in [0.25, 0.3) is 5.91 Å². The Labute approximate surface area is 167 Å². The number of hydrogen-bond donors (Lipinski definition) is 1. The van der Waals surface area contributed by atoms with E-state index in [0.717, 1.165) is 11.8 Å². The van der Waals surface area contributed by atoms with E-state index >= 15 is 0 Å². The SMILES string of the molecule is CS(=O)(=O)c1ccc2c(c1)NC(=O)[C@H](Cc1ccccc1)N2C(=O)c1ccco1. The summed E-state index contributed by atoms with van der Waals surface area (Å²) in [5.41, 5.74) is 1.57. The monoisotopic (exact) mass is 410 g/mol. The summed E-state index contributed by atoms with van der Waals surface area (Å²) in [7, 11) is -3.47. The van der Waals surface area contributed by atoms with Crippen molar-refractivity contribution in [2.45, 2.75) is 17.4 Å². The highest BCUT2D eigenvalue weighted by molar-refractivity contribution is 7.90. The van der Waals surface area contributed by atoms with Gasteiger partial charge in [-0.3, -0.25) is 14.5 Å². The van der Waals surface area contributed by atoms with Crippen molar-refractivity contribution >= 4 is 33.0 Å². The summed E-state index contributed by atoms with van der Waals surface area (Å²) in [6, 6.07) is 16.0. The lowest BCUT2D eigenvalue weighted by Gasteiger charge is -2.36. The number of hydrogen-bond acceptors (Lipinski definition) is 5. The van der Waals surface area contributed by atoms with Crippen LogP contribution in [0.15, 0.2) is 76.2 Å². The van der Waals surface area contributed by atoms with E-state index in [1.165, 1.54) is 35.4 Å². The third kappa shape index (κ3) is 3.66. The number of benzene rings is 2. The van der Waals surface area contributed by atoms with Crippen LogP contribution < -0.4 is 10.2 Å². The van der Waals surface area contributed by atoms with Gasteiger partial charge in [-0.25, -0.2) is 8.42 Å². The number of fused-ring (bicyclic) bond motifs is 1. The van der Waals surface area contributed by atoms with Crippen LogP contribution in [0, 0.1) is 0 Å². The molecule has 1 aliphatic rings. The zero-order valence-electron chi connectivity index (χ0n) is 15.5. The van der Waals surface area contributed by atoms with E-state index in [2.05, 4.69) is 5.32 Å². The molecule has 29 heavy (non-hydrogen) atoms. The van der Waals surface area contributed by atoms with Crippen molar-refractivity contribution in [1.82, 2.24) is 0 Å². The third-order valence-electron chi connectivity index (χ3n) is 4.75. The second kappa shape index (κ2) is 7.21. The Balaban J connectivity index is 1.82. The van der Waals surface area contributed by atoms with E-state index in [1.54, 1.807) is 6.07 Å². The Morgan fingerprint density at radius 3 is 2.52 bits per heavy atom. The van der Waals surface area contributed by atoms with Crippen LogP contribution in [0.3, 0.4) is 0 Å². The number of nitrogens with zero attached hydrogens (tertiary/aromatic N) is 1. The molecule has 0 bridgehead atoms. The second-order valence-corrected chi connectivity index (χ2v) is 8.81. The third-order valence-corrected chi connectivity index (χ3v) is 5.86. The quantitative estimate of drug-likeness (QED) is 0.713. The van der Waals surface area contributed by atoms with Gasteiger partial charge >= 0.3 is 0 Å². The maximum atomic E-state index is 13.2. The molecule has 7 nitrogen and oxygen atoms in total. The number of carbonyl (C=O) groups is 2. The van der Waals surface area contributed by atoms with E-state index in [4.69, 9.17) is 4.42 Å². The van der Waals surface area contributed by atoms with Crippen LogP contribution in [0.25, 0.3) is 0 Å². The van der Waals surface area contributed by atoms with Crippen molar-refractivity contribution in [3.05, 3.63) is 78.3 Å². The van der Waals surface area contributed by atoms with Gasteiger partial charge in [0.1, 0.15) is 6.04 Å². The van der Waals surface area contributed by atoms with Gasteiger partial charge in [0.2, 0.25) is 5.91 Å². The number of nitrogens with one attached hydrogen (secondary N) is 1. The maximum absolute atomic E-state index is 13.2. The van der Waals surface area contributed by atoms with Crippen molar-refractivity contribution in [2.75, 3.05) is 16.5 Å². The van der Waals surface area contributed by atoms with Crippen LogP contribution in [-0.4, -0.2) is 32.5 Å². The minimum absolute atomic E-state index is 0.0588. The average Bonchev–Trinajstić information content (AvgIpc) is 3.22. The van der Waals surface area contributed by atoms with Crippen molar-refractivity contribution in [1.29, 1.82) is 0 Å². The topological polar surface area (TPSA) is 96.7 Å². The number of furan rings is 1. The van der Waals surface area contributed by atoms with Crippen molar-refractivity contribution in [3.63, 3.8) is 0 Å². The summed E-state index contributed by atoms with van der Waals surface area (Å²) in [5, 5.41) is 2.74. The van der Waals surface area contributed by atoms with E-state index < -0.39 is 27.7 Å². The summed E-state index contributed by atoms with van der Waals surface area (Å²) in [5.74, 6) is -0.776. The lowest BCUT2D eigenvalue weighted by atomic mass is 9.99. The van der Waals surface area contributed by atoms with Gasteiger partial charge in [-0.05, 0) is 35.9 Å². The van der Waals surface area contributed by atoms with Crippen molar-refractivity contribution in [3.8, 4) is 0 Å². The number of rotatable bonds is 4. The van der Waals surface area contributed by atoms with Gasteiger partial charge < -0.3 is 9.73 Å². The van der Waals surface area contributed by atoms with Gasteiger partial charge in [-0.15, -0.1) is 0 Å². The highest BCUT2D eigenvalue weighted by atomic mass is 32.2. The van der Waals surface area contributed by atoms with E-state index in [-0.39, 0.29) is 16.3 Å². The molecule has 0 radical (unpaired) electrons. The standard InChI is InChI=1S/C21H18N2O5S/c1-29(26,27)15-9-10-17-16(13-15)22-20(24)18(12-14-6-3-2-4-7-14)23(17)21(25)19-8-5-11-28-19/h2-11,13,18H,12H2,1H3,(H,22,24)/t18-/m0/s1. The predicted molar refractivity (Wildman–Crippen MR) is 108 cm³/mol. The molecule has 1 atom stereocenters. The number of carbonyl (C=O) groups excluding carboxylic acids is 2. The first-order chi connectivity index (χ1) is 13.8. The lowest BCUT2D eigenvalue weighted by molar-refractivity contribution is -0.117. The first kappa shape index (κ1) is 18.9. The zero-order chi connectivity index (χ0) is 20.6. The van der Waals surface area contributed by atoms with Crippen LogP contribution >= 0.6 is 0 Å². The molecule has 2 aromatic carbocycles. The fraction of sp³-hybridized carbons (Fsp3) is 0.143.